The largest absolute Gasteiger partial charge is 0.394 e. The Labute approximate surface area is 536 Å². The molecular weight excluding hydrogens is 1140 g/mol. The highest BCUT2D eigenvalue weighted by molar-refractivity contribution is 5.76. The van der Waals surface area contributed by atoms with Gasteiger partial charge in [-0.05, 0) is 57.8 Å². The standard InChI is InChI=1S/C70H129NO18/c1-3-5-7-9-11-13-15-17-18-19-20-21-22-23-24-25-26-27-28-29-30-31-32-33-34-36-37-39-41-43-45-47-54(75)53(71-58(76)48-46-44-42-40-38-35-16-14-12-10-8-6-4-2)52-84-68-64(82)61(79)66(56(50-73)86-68)89-70-65(83)62(80)67(57(51-74)87-70)88-69-63(81)60(78)59(77)55(49-72)85-69/h14,16,37,39,45,47,53-57,59-70,72-75,77-83H,3-13,15,17-36,38,40-44,46,48-52H2,1-2H3,(H,71,76)/b16-14-,39-37+,47-45+. The second kappa shape index (κ2) is 52.3. The first-order valence-electron chi connectivity index (χ1n) is 35.7. The lowest BCUT2D eigenvalue weighted by atomic mass is 9.96. The highest BCUT2D eigenvalue weighted by atomic mass is 16.8. The zero-order valence-electron chi connectivity index (χ0n) is 55.2. The summed E-state index contributed by atoms with van der Waals surface area (Å²) in [5.74, 6) is -0.294. The molecule has 3 aliphatic rings. The Morgan fingerprint density at radius 1 is 0.393 bits per heavy atom. The van der Waals surface area contributed by atoms with Crippen LogP contribution in [0.4, 0.5) is 0 Å². The third kappa shape index (κ3) is 34.3. The lowest BCUT2D eigenvalue weighted by molar-refractivity contribution is -0.379. The molecule has 3 aliphatic heterocycles. The van der Waals surface area contributed by atoms with Gasteiger partial charge in [-0.3, -0.25) is 4.79 Å². The fourth-order valence-corrected chi connectivity index (χ4v) is 12.1. The van der Waals surface area contributed by atoms with Crippen LogP contribution in [0.15, 0.2) is 36.5 Å². The summed E-state index contributed by atoms with van der Waals surface area (Å²) in [4.78, 5) is 13.3. The van der Waals surface area contributed by atoms with Crippen LogP contribution >= 0.6 is 0 Å². The third-order valence-electron chi connectivity index (χ3n) is 17.9. The minimum absolute atomic E-state index is 0.226. The molecule has 17 atom stereocenters. The molecule has 19 nitrogen and oxygen atoms in total. The number of aliphatic hydroxyl groups is 11. The Bertz CT molecular complexity index is 1760. The Balaban J connectivity index is 1.39. The molecule has 0 spiro atoms. The van der Waals surface area contributed by atoms with E-state index in [9.17, 15) is 61.0 Å². The maximum Gasteiger partial charge on any atom is 0.220 e. The molecule has 3 rings (SSSR count). The number of unbranched alkanes of at least 4 members (excludes halogenated alkanes) is 35. The average Bonchev–Trinajstić information content (AvgIpc) is 2.38. The Morgan fingerprint density at radius 2 is 0.719 bits per heavy atom. The monoisotopic (exact) mass is 1270 g/mol. The van der Waals surface area contributed by atoms with Gasteiger partial charge in [-0.25, -0.2) is 0 Å². The number of amides is 1. The molecule has 3 saturated heterocycles. The summed E-state index contributed by atoms with van der Waals surface area (Å²) in [5, 5.41) is 120. The summed E-state index contributed by atoms with van der Waals surface area (Å²) in [7, 11) is 0. The van der Waals surface area contributed by atoms with E-state index < -0.39 is 124 Å². The van der Waals surface area contributed by atoms with Crippen molar-refractivity contribution in [2.75, 3.05) is 26.4 Å². The number of ether oxygens (including phenoxy) is 6. The van der Waals surface area contributed by atoms with Crippen molar-refractivity contribution in [2.45, 2.75) is 375 Å². The van der Waals surface area contributed by atoms with Crippen LogP contribution in [0.5, 0.6) is 0 Å². The summed E-state index contributed by atoms with van der Waals surface area (Å²) in [6, 6.07) is -0.994. The first-order valence-corrected chi connectivity index (χ1v) is 35.7. The van der Waals surface area contributed by atoms with Gasteiger partial charge in [0.2, 0.25) is 5.91 Å². The quantitative estimate of drug-likeness (QED) is 0.0199. The minimum Gasteiger partial charge on any atom is -0.394 e. The molecule has 0 bridgehead atoms. The molecular formula is C70H129NO18. The van der Waals surface area contributed by atoms with Crippen LogP contribution in [0.1, 0.15) is 271 Å². The zero-order valence-corrected chi connectivity index (χ0v) is 55.2. The van der Waals surface area contributed by atoms with E-state index in [4.69, 9.17) is 28.4 Å². The molecule has 0 radical (unpaired) electrons. The van der Waals surface area contributed by atoms with Crippen LogP contribution in [0.3, 0.4) is 0 Å². The molecule has 17 unspecified atom stereocenters. The van der Waals surface area contributed by atoms with Crippen LogP contribution < -0.4 is 5.32 Å². The van der Waals surface area contributed by atoms with E-state index in [1.807, 2.05) is 6.08 Å². The average molecular weight is 1270 g/mol. The van der Waals surface area contributed by atoms with E-state index in [1.165, 1.54) is 180 Å². The summed E-state index contributed by atoms with van der Waals surface area (Å²) in [6.07, 6.45) is 34.4. The van der Waals surface area contributed by atoms with E-state index in [0.717, 1.165) is 57.8 Å². The second-order valence-corrected chi connectivity index (χ2v) is 25.7. The molecule has 522 valence electrons. The van der Waals surface area contributed by atoms with Crippen LogP contribution in [0.25, 0.3) is 0 Å². The van der Waals surface area contributed by atoms with Crippen LogP contribution in [-0.4, -0.2) is 193 Å². The second-order valence-electron chi connectivity index (χ2n) is 25.7. The number of nitrogens with one attached hydrogen (secondary N) is 1. The van der Waals surface area contributed by atoms with Crippen molar-refractivity contribution in [3.05, 3.63) is 36.5 Å². The van der Waals surface area contributed by atoms with Crippen LogP contribution in [-0.2, 0) is 33.2 Å². The molecule has 0 aromatic rings. The SMILES string of the molecule is CCCCCC/C=C\CCCCCCCC(=O)NC(COC1OC(CO)C(OC2OC(CO)C(OC3OC(CO)C(O)C(O)C3O)C(O)C2O)C(O)C1O)C(O)/C=C/CC/C=C/CCCCCCCCCCCCCCCCCCCCCCCCCCC. The van der Waals surface area contributed by atoms with E-state index >= 15 is 0 Å². The van der Waals surface area contributed by atoms with Crippen LogP contribution in [0.2, 0.25) is 0 Å². The van der Waals surface area contributed by atoms with Gasteiger partial charge in [-0.2, -0.15) is 0 Å². The maximum absolute atomic E-state index is 13.3. The number of hydrogen-bond donors (Lipinski definition) is 12. The highest BCUT2D eigenvalue weighted by Gasteiger charge is 2.53. The molecule has 3 heterocycles. The molecule has 0 aromatic heterocycles. The molecule has 0 aromatic carbocycles. The van der Waals surface area contributed by atoms with Crippen molar-refractivity contribution < 1.29 is 89.4 Å². The van der Waals surface area contributed by atoms with Gasteiger partial charge in [0.15, 0.2) is 18.9 Å². The number of rotatable bonds is 55. The fraction of sp³-hybridized carbons (Fsp3) is 0.900. The van der Waals surface area contributed by atoms with E-state index in [0.29, 0.717) is 12.8 Å². The first-order chi connectivity index (χ1) is 43.3. The Kier molecular flexibility index (Phi) is 47.7. The number of aliphatic hydroxyl groups excluding tert-OH is 11. The predicted octanol–water partition coefficient (Wildman–Crippen LogP) is 9.61. The van der Waals surface area contributed by atoms with Gasteiger partial charge >= 0.3 is 0 Å². The number of allylic oxidation sites excluding steroid dienone is 5. The van der Waals surface area contributed by atoms with Crippen LogP contribution in [0, 0.1) is 0 Å². The number of carbonyl (C=O) groups excluding carboxylic acids is 1. The predicted molar refractivity (Wildman–Crippen MR) is 346 cm³/mol. The highest BCUT2D eigenvalue weighted by Crippen LogP contribution is 2.33. The van der Waals surface area contributed by atoms with E-state index in [2.05, 4.69) is 43.5 Å². The van der Waals surface area contributed by atoms with Gasteiger partial charge in [0, 0.05) is 6.42 Å². The molecule has 1 amide bonds. The summed E-state index contributed by atoms with van der Waals surface area (Å²) in [5.41, 5.74) is 0. The van der Waals surface area contributed by atoms with Crippen molar-refractivity contribution in [3.63, 3.8) is 0 Å². The number of hydrogen-bond acceptors (Lipinski definition) is 18. The minimum atomic E-state index is -1.98. The van der Waals surface area contributed by atoms with Crippen molar-refractivity contribution in [1.82, 2.24) is 5.32 Å². The van der Waals surface area contributed by atoms with Crippen molar-refractivity contribution in [1.29, 1.82) is 0 Å². The lowest BCUT2D eigenvalue weighted by Crippen LogP contribution is -2.66. The molecule has 0 saturated carbocycles. The van der Waals surface area contributed by atoms with E-state index in [1.54, 1.807) is 6.08 Å². The summed E-state index contributed by atoms with van der Waals surface area (Å²) in [6.45, 7) is 1.70. The molecule has 0 aliphatic carbocycles. The number of carbonyl (C=O) groups is 1. The van der Waals surface area contributed by atoms with Crippen molar-refractivity contribution in [2.24, 2.45) is 0 Å². The topological polar surface area (TPSA) is 307 Å². The van der Waals surface area contributed by atoms with E-state index in [-0.39, 0.29) is 18.9 Å². The fourth-order valence-electron chi connectivity index (χ4n) is 12.1. The van der Waals surface area contributed by atoms with Gasteiger partial charge in [0.05, 0.1) is 38.6 Å². The van der Waals surface area contributed by atoms with Crippen molar-refractivity contribution >= 4 is 5.91 Å². The summed E-state index contributed by atoms with van der Waals surface area (Å²) >= 11 is 0. The molecule has 89 heavy (non-hydrogen) atoms. The molecule has 19 heteroatoms. The zero-order chi connectivity index (χ0) is 64.7. The van der Waals surface area contributed by atoms with Gasteiger partial charge in [0.25, 0.3) is 0 Å². The molecule has 12 N–H and O–H groups in total. The Hall–Kier alpha value is -1.99. The van der Waals surface area contributed by atoms with Gasteiger partial charge in [-0.1, -0.05) is 243 Å². The smallest absolute Gasteiger partial charge is 0.220 e. The van der Waals surface area contributed by atoms with Gasteiger partial charge < -0.3 is 89.9 Å². The van der Waals surface area contributed by atoms with Gasteiger partial charge in [0.1, 0.15) is 73.2 Å². The normalized spacial score (nSPS) is 28.4. The van der Waals surface area contributed by atoms with Gasteiger partial charge in [-0.15, -0.1) is 0 Å². The first kappa shape index (κ1) is 81.2. The molecule has 3 fully saturated rings. The summed E-state index contributed by atoms with van der Waals surface area (Å²) < 4.78 is 34.3. The third-order valence-corrected chi connectivity index (χ3v) is 17.9. The van der Waals surface area contributed by atoms with Crippen molar-refractivity contribution in [3.8, 4) is 0 Å². The lowest BCUT2D eigenvalue weighted by Gasteiger charge is -2.48. The maximum atomic E-state index is 13.3. The Morgan fingerprint density at radius 3 is 1.13 bits per heavy atom.